The number of primary amides is 1. The number of hydrogen-bond acceptors (Lipinski definition) is 4. The summed E-state index contributed by atoms with van der Waals surface area (Å²) in [4.78, 5) is 29.9. The number of likely N-dealkylation sites (tertiary alicyclic amines) is 1. The SMILES string of the molecule is NC(=O)OCC1CCCCN1C(=O)c1ccnc2ccccc12. The van der Waals surface area contributed by atoms with Gasteiger partial charge in [-0.25, -0.2) is 4.79 Å². The Hall–Kier alpha value is -2.63. The molecule has 1 fully saturated rings. The zero-order valence-electron chi connectivity index (χ0n) is 12.8. The van der Waals surface area contributed by atoms with Gasteiger partial charge in [-0.3, -0.25) is 9.78 Å². The van der Waals surface area contributed by atoms with Crippen molar-refractivity contribution in [1.82, 2.24) is 9.88 Å². The van der Waals surface area contributed by atoms with Gasteiger partial charge in [0.05, 0.1) is 17.1 Å². The van der Waals surface area contributed by atoms with Gasteiger partial charge in [0.1, 0.15) is 6.61 Å². The van der Waals surface area contributed by atoms with Crippen LogP contribution in [-0.4, -0.2) is 41.1 Å². The van der Waals surface area contributed by atoms with Crippen molar-refractivity contribution >= 4 is 22.9 Å². The van der Waals surface area contributed by atoms with Crippen LogP contribution in [-0.2, 0) is 4.74 Å². The van der Waals surface area contributed by atoms with E-state index in [0.717, 1.165) is 30.2 Å². The van der Waals surface area contributed by atoms with Crippen LogP contribution < -0.4 is 5.73 Å². The number of carbonyl (C=O) groups excluding carboxylic acids is 2. The third-order valence-electron chi connectivity index (χ3n) is 4.19. The maximum Gasteiger partial charge on any atom is 0.404 e. The van der Waals surface area contributed by atoms with Crippen LogP contribution in [0.2, 0.25) is 0 Å². The zero-order chi connectivity index (χ0) is 16.2. The summed E-state index contributed by atoms with van der Waals surface area (Å²) in [6, 6.07) is 9.18. The molecular formula is C17H19N3O3. The lowest BCUT2D eigenvalue weighted by molar-refractivity contribution is 0.0463. The number of piperidine rings is 1. The summed E-state index contributed by atoms with van der Waals surface area (Å²) in [6.45, 7) is 0.798. The van der Waals surface area contributed by atoms with Crippen LogP contribution in [0, 0.1) is 0 Å². The summed E-state index contributed by atoms with van der Waals surface area (Å²) in [5.74, 6) is -0.0543. The molecule has 6 heteroatoms. The molecule has 1 aliphatic rings. The van der Waals surface area contributed by atoms with Gasteiger partial charge in [-0.15, -0.1) is 0 Å². The van der Waals surface area contributed by atoms with Crippen molar-refractivity contribution < 1.29 is 14.3 Å². The largest absolute Gasteiger partial charge is 0.448 e. The van der Waals surface area contributed by atoms with Gasteiger partial charge < -0.3 is 15.4 Å². The second kappa shape index (κ2) is 6.64. The van der Waals surface area contributed by atoms with Gasteiger partial charge in [0.25, 0.3) is 5.91 Å². The second-order valence-corrected chi connectivity index (χ2v) is 5.65. The van der Waals surface area contributed by atoms with E-state index in [0.29, 0.717) is 12.1 Å². The average Bonchev–Trinajstić information content (AvgIpc) is 2.59. The number of amides is 2. The molecule has 1 saturated heterocycles. The molecule has 1 aliphatic heterocycles. The Morgan fingerprint density at radius 2 is 2.09 bits per heavy atom. The fourth-order valence-electron chi connectivity index (χ4n) is 3.06. The average molecular weight is 313 g/mol. The first kappa shape index (κ1) is 15.3. The zero-order valence-corrected chi connectivity index (χ0v) is 12.8. The van der Waals surface area contributed by atoms with Crippen molar-refractivity contribution in [2.75, 3.05) is 13.2 Å². The van der Waals surface area contributed by atoms with Gasteiger partial charge in [-0.1, -0.05) is 18.2 Å². The number of nitrogens with two attached hydrogens (primary N) is 1. The molecule has 0 spiro atoms. The monoisotopic (exact) mass is 313 g/mol. The molecule has 2 aromatic rings. The van der Waals surface area contributed by atoms with Crippen LogP contribution in [0.5, 0.6) is 0 Å². The van der Waals surface area contributed by atoms with Crippen LogP contribution in [0.15, 0.2) is 36.5 Å². The number of hydrogen-bond donors (Lipinski definition) is 1. The Kier molecular flexibility index (Phi) is 4.41. The van der Waals surface area contributed by atoms with Crippen molar-refractivity contribution in [3.63, 3.8) is 0 Å². The summed E-state index contributed by atoms with van der Waals surface area (Å²) in [7, 11) is 0. The third kappa shape index (κ3) is 3.26. The molecule has 0 saturated carbocycles. The van der Waals surface area contributed by atoms with Gasteiger partial charge in [0, 0.05) is 18.1 Å². The molecule has 0 radical (unpaired) electrons. The summed E-state index contributed by atoms with van der Waals surface area (Å²) < 4.78 is 4.92. The maximum atomic E-state index is 13.0. The van der Waals surface area contributed by atoms with Gasteiger partial charge in [-0.2, -0.15) is 0 Å². The first-order valence-corrected chi connectivity index (χ1v) is 7.74. The molecule has 2 N–H and O–H groups in total. The Balaban J connectivity index is 1.88. The Morgan fingerprint density at radius 3 is 2.91 bits per heavy atom. The lowest BCUT2D eigenvalue weighted by atomic mass is 10.00. The minimum absolute atomic E-state index is 0.0543. The Morgan fingerprint density at radius 1 is 1.26 bits per heavy atom. The van der Waals surface area contributed by atoms with Crippen LogP contribution >= 0.6 is 0 Å². The highest BCUT2D eigenvalue weighted by atomic mass is 16.5. The number of nitrogens with zero attached hydrogens (tertiary/aromatic N) is 2. The van der Waals surface area contributed by atoms with E-state index in [1.165, 1.54) is 0 Å². The van der Waals surface area contributed by atoms with Crippen LogP contribution in [0.3, 0.4) is 0 Å². The smallest absolute Gasteiger partial charge is 0.404 e. The van der Waals surface area contributed by atoms with Gasteiger partial charge in [0.15, 0.2) is 0 Å². The van der Waals surface area contributed by atoms with Crippen molar-refractivity contribution in [2.45, 2.75) is 25.3 Å². The molecule has 23 heavy (non-hydrogen) atoms. The van der Waals surface area contributed by atoms with E-state index in [1.807, 2.05) is 24.3 Å². The van der Waals surface area contributed by atoms with Crippen molar-refractivity contribution in [1.29, 1.82) is 0 Å². The second-order valence-electron chi connectivity index (χ2n) is 5.65. The molecule has 1 atom stereocenters. The van der Waals surface area contributed by atoms with E-state index in [1.54, 1.807) is 17.2 Å². The highest BCUT2D eigenvalue weighted by molar-refractivity contribution is 6.06. The van der Waals surface area contributed by atoms with Crippen LogP contribution in [0.25, 0.3) is 10.9 Å². The number of carbonyl (C=O) groups is 2. The maximum absolute atomic E-state index is 13.0. The fraction of sp³-hybridized carbons (Fsp3) is 0.353. The first-order chi connectivity index (χ1) is 11.2. The van der Waals surface area contributed by atoms with E-state index < -0.39 is 6.09 Å². The number of pyridine rings is 1. The molecule has 6 nitrogen and oxygen atoms in total. The van der Waals surface area contributed by atoms with Crippen LogP contribution in [0.1, 0.15) is 29.6 Å². The van der Waals surface area contributed by atoms with E-state index >= 15 is 0 Å². The first-order valence-electron chi connectivity index (χ1n) is 7.74. The third-order valence-corrected chi connectivity index (χ3v) is 4.19. The Labute approximate surface area is 134 Å². The predicted molar refractivity (Wildman–Crippen MR) is 86.0 cm³/mol. The summed E-state index contributed by atoms with van der Waals surface area (Å²) in [5, 5.41) is 0.833. The van der Waals surface area contributed by atoms with Crippen molar-refractivity contribution in [2.24, 2.45) is 5.73 Å². The van der Waals surface area contributed by atoms with E-state index in [4.69, 9.17) is 10.5 Å². The Bertz CT molecular complexity index is 727. The van der Waals surface area contributed by atoms with E-state index in [9.17, 15) is 9.59 Å². The van der Waals surface area contributed by atoms with E-state index in [2.05, 4.69) is 4.98 Å². The number of para-hydroxylation sites is 1. The molecule has 2 heterocycles. The van der Waals surface area contributed by atoms with Crippen LogP contribution in [0.4, 0.5) is 4.79 Å². The molecule has 0 aliphatic carbocycles. The lowest BCUT2D eigenvalue weighted by Crippen LogP contribution is -2.46. The fourth-order valence-corrected chi connectivity index (χ4v) is 3.06. The minimum atomic E-state index is -0.808. The van der Waals surface area contributed by atoms with Crippen molar-refractivity contribution in [3.05, 3.63) is 42.1 Å². The molecular weight excluding hydrogens is 294 g/mol. The number of ether oxygens (including phenoxy) is 1. The predicted octanol–water partition coefficient (Wildman–Crippen LogP) is 2.32. The topological polar surface area (TPSA) is 85.5 Å². The summed E-state index contributed by atoms with van der Waals surface area (Å²) in [6.07, 6.45) is 3.60. The van der Waals surface area contributed by atoms with Crippen molar-refractivity contribution in [3.8, 4) is 0 Å². The highest BCUT2D eigenvalue weighted by Crippen LogP contribution is 2.23. The van der Waals surface area contributed by atoms with Gasteiger partial charge in [0.2, 0.25) is 0 Å². The molecule has 3 rings (SSSR count). The number of aromatic nitrogens is 1. The van der Waals surface area contributed by atoms with Gasteiger partial charge in [-0.05, 0) is 31.4 Å². The summed E-state index contributed by atoms with van der Waals surface area (Å²) >= 11 is 0. The molecule has 1 aromatic carbocycles. The van der Waals surface area contributed by atoms with E-state index in [-0.39, 0.29) is 18.6 Å². The molecule has 1 unspecified atom stereocenters. The molecule has 1 aromatic heterocycles. The number of benzene rings is 1. The lowest BCUT2D eigenvalue weighted by Gasteiger charge is -2.35. The highest BCUT2D eigenvalue weighted by Gasteiger charge is 2.29. The quantitative estimate of drug-likeness (QED) is 0.942. The standard InChI is InChI=1S/C17H19N3O3/c18-17(22)23-11-12-5-3-4-10-20(12)16(21)14-8-9-19-15-7-2-1-6-13(14)15/h1-2,6-9,12H,3-5,10-11H2,(H2,18,22). The van der Waals surface area contributed by atoms with Gasteiger partial charge >= 0.3 is 6.09 Å². The normalized spacial score (nSPS) is 17.9. The number of rotatable bonds is 3. The molecule has 2 amide bonds. The minimum Gasteiger partial charge on any atom is -0.448 e. The summed E-state index contributed by atoms with van der Waals surface area (Å²) in [5.41, 5.74) is 6.46. The molecule has 120 valence electrons. The molecule has 0 bridgehead atoms. The number of fused-ring (bicyclic) bond motifs is 1.